The third-order valence-electron chi connectivity index (χ3n) is 3.17. The van der Waals surface area contributed by atoms with E-state index in [1.807, 2.05) is 74.4 Å². The Morgan fingerprint density at radius 3 is 2.37 bits per heavy atom. The molecule has 0 saturated carbocycles. The van der Waals surface area contributed by atoms with Crippen LogP contribution in [0.5, 0.6) is 0 Å². The maximum Gasteiger partial charge on any atom is 0.167 e. The highest BCUT2D eigenvalue weighted by molar-refractivity contribution is 5.98. The second-order valence-electron chi connectivity index (χ2n) is 5.03. The lowest BCUT2D eigenvalue weighted by atomic mass is 10.0. The number of hydrogen-bond donors (Lipinski definition) is 0. The summed E-state index contributed by atoms with van der Waals surface area (Å²) in [6, 6.07) is 15.9. The zero-order valence-electron chi connectivity index (χ0n) is 11.7. The minimum absolute atomic E-state index is 0.160. The molecule has 0 heterocycles. The van der Waals surface area contributed by atoms with Crippen molar-refractivity contribution in [2.45, 2.75) is 13.3 Å². The Balaban J connectivity index is 2.15. The van der Waals surface area contributed by atoms with Crippen molar-refractivity contribution >= 4 is 11.5 Å². The Morgan fingerprint density at radius 2 is 1.74 bits per heavy atom. The van der Waals surface area contributed by atoms with Gasteiger partial charge >= 0.3 is 0 Å². The predicted octanol–water partition coefficient (Wildman–Crippen LogP) is 3.49. The number of ketones is 1. The van der Waals surface area contributed by atoms with Gasteiger partial charge in [-0.1, -0.05) is 42.0 Å². The summed E-state index contributed by atoms with van der Waals surface area (Å²) in [5, 5.41) is 0. The van der Waals surface area contributed by atoms with Crippen LogP contribution in [0.2, 0.25) is 0 Å². The Kier molecular flexibility index (Phi) is 4.00. The largest absolute Gasteiger partial charge is 0.378 e. The number of rotatable bonds is 4. The number of carbonyl (C=O) groups is 1. The molecule has 0 aliphatic rings. The van der Waals surface area contributed by atoms with E-state index in [-0.39, 0.29) is 5.78 Å². The molecular weight excluding hydrogens is 234 g/mol. The van der Waals surface area contributed by atoms with E-state index in [0.29, 0.717) is 6.42 Å². The van der Waals surface area contributed by atoms with Gasteiger partial charge in [0, 0.05) is 31.8 Å². The molecule has 2 heteroatoms. The zero-order valence-corrected chi connectivity index (χ0v) is 11.7. The Hall–Kier alpha value is -2.09. The second-order valence-corrected chi connectivity index (χ2v) is 5.03. The van der Waals surface area contributed by atoms with E-state index in [9.17, 15) is 4.79 Å². The molecule has 0 N–H and O–H groups in total. The van der Waals surface area contributed by atoms with Crippen LogP contribution in [-0.4, -0.2) is 19.9 Å². The van der Waals surface area contributed by atoms with Gasteiger partial charge in [-0.3, -0.25) is 4.79 Å². The molecule has 0 aliphatic carbocycles. The lowest BCUT2D eigenvalue weighted by Gasteiger charge is -2.13. The first-order chi connectivity index (χ1) is 9.06. The van der Waals surface area contributed by atoms with Crippen LogP contribution >= 0.6 is 0 Å². The lowest BCUT2D eigenvalue weighted by Crippen LogP contribution is -2.10. The Bertz CT molecular complexity index is 570. The van der Waals surface area contributed by atoms with E-state index < -0.39 is 0 Å². The molecular formula is C17H19NO. The van der Waals surface area contributed by atoms with Gasteiger partial charge in [0.15, 0.2) is 5.78 Å². The molecule has 0 radical (unpaired) electrons. The highest BCUT2D eigenvalue weighted by atomic mass is 16.1. The monoisotopic (exact) mass is 253 g/mol. The van der Waals surface area contributed by atoms with Crippen LogP contribution in [0.4, 0.5) is 5.69 Å². The number of anilines is 1. The molecule has 0 spiro atoms. The Labute approximate surface area is 114 Å². The van der Waals surface area contributed by atoms with Gasteiger partial charge in [-0.05, 0) is 24.6 Å². The Morgan fingerprint density at radius 1 is 1.05 bits per heavy atom. The zero-order chi connectivity index (χ0) is 13.8. The van der Waals surface area contributed by atoms with E-state index in [0.717, 1.165) is 16.8 Å². The molecule has 2 rings (SSSR count). The highest BCUT2D eigenvalue weighted by Gasteiger charge is 2.08. The molecule has 0 atom stereocenters. The number of nitrogens with zero attached hydrogens (tertiary/aromatic N) is 1. The molecule has 0 unspecified atom stereocenters. The molecule has 0 bridgehead atoms. The minimum Gasteiger partial charge on any atom is -0.378 e. The molecule has 2 aromatic carbocycles. The van der Waals surface area contributed by atoms with Crippen LogP contribution in [-0.2, 0) is 6.42 Å². The van der Waals surface area contributed by atoms with E-state index in [1.165, 1.54) is 5.56 Å². The summed E-state index contributed by atoms with van der Waals surface area (Å²) in [6.45, 7) is 2.05. The normalized spacial score (nSPS) is 10.3. The first kappa shape index (κ1) is 13.3. The van der Waals surface area contributed by atoms with Gasteiger partial charge in [-0.2, -0.15) is 0 Å². The topological polar surface area (TPSA) is 20.3 Å². The summed E-state index contributed by atoms with van der Waals surface area (Å²) >= 11 is 0. The second kappa shape index (κ2) is 5.70. The molecule has 0 saturated heterocycles. The van der Waals surface area contributed by atoms with Crippen LogP contribution in [0.25, 0.3) is 0 Å². The van der Waals surface area contributed by atoms with Gasteiger partial charge in [0.25, 0.3) is 0 Å². The number of benzene rings is 2. The summed E-state index contributed by atoms with van der Waals surface area (Å²) in [6.07, 6.45) is 0.456. The van der Waals surface area contributed by atoms with E-state index in [2.05, 4.69) is 0 Å². The van der Waals surface area contributed by atoms with Gasteiger partial charge in [0.2, 0.25) is 0 Å². The highest BCUT2D eigenvalue weighted by Crippen LogP contribution is 2.15. The third kappa shape index (κ3) is 3.44. The quantitative estimate of drug-likeness (QED) is 0.777. The van der Waals surface area contributed by atoms with Gasteiger partial charge in [0.1, 0.15) is 0 Å². The number of carbonyl (C=O) groups excluding carboxylic acids is 1. The maximum atomic E-state index is 12.3. The number of hydrogen-bond acceptors (Lipinski definition) is 2. The number of aryl methyl sites for hydroxylation is 1. The molecule has 0 aromatic heterocycles. The summed E-state index contributed by atoms with van der Waals surface area (Å²) in [5.74, 6) is 0.160. The van der Waals surface area contributed by atoms with Gasteiger partial charge in [-0.25, -0.2) is 0 Å². The van der Waals surface area contributed by atoms with Gasteiger partial charge < -0.3 is 4.90 Å². The van der Waals surface area contributed by atoms with Crippen molar-refractivity contribution in [2.24, 2.45) is 0 Å². The van der Waals surface area contributed by atoms with Gasteiger partial charge in [-0.15, -0.1) is 0 Å². The van der Waals surface area contributed by atoms with Crippen LogP contribution in [0, 0.1) is 6.92 Å². The first-order valence-corrected chi connectivity index (χ1v) is 6.42. The van der Waals surface area contributed by atoms with E-state index in [1.54, 1.807) is 0 Å². The van der Waals surface area contributed by atoms with Crippen molar-refractivity contribution in [3.63, 3.8) is 0 Å². The summed E-state index contributed by atoms with van der Waals surface area (Å²) in [4.78, 5) is 14.3. The maximum absolute atomic E-state index is 12.3. The predicted molar refractivity (Wildman–Crippen MR) is 80.0 cm³/mol. The van der Waals surface area contributed by atoms with E-state index in [4.69, 9.17) is 0 Å². The fourth-order valence-electron chi connectivity index (χ4n) is 1.95. The standard InChI is InChI=1S/C17H19NO/c1-13-7-9-14(10-8-13)11-17(19)15-5-4-6-16(12-15)18(2)3/h4-10,12H,11H2,1-3H3. The molecule has 0 aliphatic heterocycles. The average Bonchev–Trinajstić information content (AvgIpc) is 2.41. The smallest absolute Gasteiger partial charge is 0.167 e. The average molecular weight is 253 g/mol. The molecule has 0 fully saturated rings. The van der Waals surface area contributed by atoms with Crippen molar-refractivity contribution in [3.05, 3.63) is 65.2 Å². The fourth-order valence-corrected chi connectivity index (χ4v) is 1.95. The van der Waals surface area contributed by atoms with E-state index >= 15 is 0 Å². The number of Topliss-reactive ketones (excluding diaryl/α,β-unsaturated/α-hetero) is 1. The van der Waals surface area contributed by atoms with Crippen molar-refractivity contribution in [1.29, 1.82) is 0 Å². The van der Waals surface area contributed by atoms with Crippen molar-refractivity contribution in [3.8, 4) is 0 Å². The fraction of sp³-hybridized carbons (Fsp3) is 0.235. The van der Waals surface area contributed by atoms with Crippen molar-refractivity contribution < 1.29 is 4.79 Å². The first-order valence-electron chi connectivity index (χ1n) is 6.42. The van der Waals surface area contributed by atoms with Crippen LogP contribution in [0.3, 0.4) is 0 Å². The van der Waals surface area contributed by atoms with Crippen LogP contribution < -0.4 is 4.90 Å². The summed E-state index contributed by atoms with van der Waals surface area (Å²) in [5.41, 5.74) is 4.10. The molecule has 19 heavy (non-hydrogen) atoms. The molecule has 0 amide bonds. The third-order valence-corrected chi connectivity index (χ3v) is 3.17. The summed E-state index contributed by atoms with van der Waals surface area (Å²) < 4.78 is 0. The minimum atomic E-state index is 0.160. The SMILES string of the molecule is Cc1ccc(CC(=O)c2cccc(N(C)C)c2)cc1. The molecule has 2 nitrogen and oxygen atoms in total. The van der Waals surface area contributed by atoms with Crippen molar-refractivity contribution in [2.75, 3.05) is 19.0 Å². The molecule has 2 aromatic rings. The molecule has 98 valence electrons. The summed E-state index contributed by atoms with van der Waals surface area (Å²) in [7, 11) is 3.95. The van der Waals surface area contributed by atoms with Crippen molar-refractivity contribution in [1.82, 2.24) is 0 Å². The van der Waals surface area contributed by atoms with Crippen LogP contribution in [0.15, 0.2) is 48.5 Å². The van der Waals surface area contributed by atoms with Crippen LogP contribution in [0.1, 0.15) is 21.5 Å². The van der Waals surface area contributed by atoms with Gasteiger partial charge in [0.05, 0.1) is 0 Å². The lowest BCUT2D eigenvalue weighted by molar-refractivity contribution is 0.0993.